The second-order valence-electron chi connectivity index (χ2n) is 5.92. The van der Waals surface area contributed by atoms with E-state index in [4.69, 9.17) is 11.6 Å². The fraction of sp³-hybridized carbons (Fsp3) is 0.278. The van der Waals surface area contributed by atoms with Gasteiger partial charge in [0.05, 0.1) is 12.8 Å². The van der Waals surface area contributed by atoms with E-state index in [0.29, 0.717) is 11.6 Å². The molecule has 0 aromatic heterocycles. The molecule has 0 spiro atoms. The maximum atomic E-state index is 12.2. The number of benzene rings is 2. The average molecular weight is 381 g/mol. The van der Waals surface area contributed by atoms with E-state index in [2.05, 4.69) is 5.32 Å². The number of halogens is 1. The van der Waals surface area contributed by atoms with Gasteiger partial charge in [0.2, 0.25) is 15.9 Å². The molecule has 0 saturated carbocycles. The fourth-order valence-corrected chi connectivity index (χ4v) is 3.18. The van der Waals surface area contributed by atoms with Crippen LogP contribution in [0.2, 0.25) is 5.02 Å². The molecule has 134 valence electrons. The highest BCUT2D eigenvalue weighted by molar-refractivity contribution is 7.88. The summed E-state index contributed by atoms with van der Waals surface area (Å²) < 4.78 is 25.2. The molecule has 0 aliphatic rings. The molecule has 1 amide bonds. The summed E-state index contributed by atoms with van der Waals surface area (Å²) >= 11 is 5.82. The lowest BCUT2D eigenvalue weighted by molar-refractivity contribution is -0.121. The summed E-state index contributed by atoms with van der Waals surface area (Å²) in [4.78, 5) is 12.2. The summed E-state index contributed by atoms with van der Waals surface area (Å²) in [7, 11) is -3.50. The molecule has 25 heavy (non-hydrogen) atoms. The molecule has 0 atom stereocenters. The highest BCUT2D eigenvalue weighted by Gasteiger charge is 2.20. The maximum Gasteiger partial charge on any atom is 0.235 e. The minimum atomic E-state index is -3.50. The van der Waals surface area contributed by atoms with Gasteiger partial charge in [-0.05, 0) is 30.2 Å². The normalized spacial score (nSPS) is 11.5. The van der Waals surface area contributed by atoms with Gasteiger partial charge in [-0.2, -0.15) is 4.31 Å². The first-order chi connectivity index (χ1) is 11.7. The van der Waals surface area contributed by atoms with Gasteiger partial charge in [-0.1, -0.05) is 53.6 Å². The zero-order valence-electron chi connectivity index (χ0n) is 14.2. The van der Waals surface area contributed by atoms with Crippen LogP contribution in [0.5, 0.6) is 0 Å². The number of amides is 1. The number of nitrogens with zero attached hydrogens (tertiary/aromatic N) is 1. The Hall–Kier alpha value is -1.89. The van der Waals surface area contributed by atoms with Crippen molar-refractivity contribution in [2.24, 2.45) is 0 Å². The molecule has 7 heteroatoms. The van der Waals surface area contributed by atoms with Crippen LogP contribution in [0.4, 0.5) is 0 Å². The number of rotatable bonds is 7. The lowest BCUT2D eigenvalue weighted by atomic mass is 10.1. The first-order valence-electron chi connectivity index (χ1n) is 7.76. The number of aryl methyl sites for hydroxylation is 1. The van der Waals surface area contributed by atoms with Crippen LogP contribution in [-0.4, -0.2) is 31.4 Å². The number of nitrogens with one attached hydrogen (secondary N) is 1. The van der Waals surface area contributed by atoms with Gasteiger partial charge < -0.3 is 5.32 Å². The Morgan fingerprint density at radius 1 is 1.12 bits per heavy atom. The van der Waals surface area contributed by atoms with Crippen molar-refractivity contribution in [2.45, 2.75) is 20.0 Å². The number of hydrogen-bond acceptors (Lipinski definition) is 3. The minimum Gasteiger partial charge on any atom is -0.351 e. The van der Waals surface area contributed by atoms with Crippen molar-refractivity contribution < 1.29 is 13.2 Å². The second kappa shape index (κ2) is 8.47. The van der Waals surface area contributed by atoms with Crippen LogP contribution in [0.3, 0.4) is 0 Å². The van der Waals surface area contributed by atoms with Crippen molar-refractivity contribution in [2.75, 3.05) is 12.8 Å². The molecule has 0 unspecified atom stereocenters. The Morgan fingerprint density at radius 2 is 1.80 bits per heavy atom. The molecule has 0 saturated heterocycles. The van der Waals surface area contributed by atoms with E-state index < -0.39 is 10.0 Å². The van der Waals surface area contributed by atoms with E-state index in [1.165, 1.54) is 4.31 Å². The molecule has 0 radical (unpaired) electrons. The van der Waals surface area contributed by atoms with E-state index in [0.717, 1.165) is 22.9 Å². The number of carbonyl (C=O) groups is 1. The van der Waals surface area contributed by atoms with Crippen LogP contribution in [0, 0.1) is 6.92 Å². The molecule has 0 aliphatic heterocycles. The molecule has 2 aromatic rings. The third-order valence-corrected chi connectivity index (χ3v) is 5.08. The highest BCUT2D eigenvalue weighted by atomic mass is 35.5. The highest BCUT2D eigenvalue weighted by Crippen LogP contribution is 2.11. The quantitative estimate of drug-likeness (QED) is 0.803. The summed E-state index contributed by atoms with van der Waals surface area (Å²) in [6.07, 6.45) is 1.11. The van der Waals surface area contributed by atoms with Crippen LogP contribution in [0.1, 0.15) is 16.7 Å². The first-order valence-corrected chi connectivity index (χ1v) is 9.98. The monoisotopic (exact) mass is 380 g/mol. The van der Waals surface area contributed by atoms with Gasteiger partial charge in [0.1, 0.15) is 0 Å². The van der Waals surface area contributed by atoms with Crippen molar-refractivity contribution >= 4 is 27.5 Å². The Kier molecular flexibility index (Phi) is 6.58. The van der Waals surface area contributed by atoms with Crippen molar-refractivity contribution in [1.29, 1.82) is 0 Å². The lowest BCUT2D eigenvalue weighted by Gasteiger charge is -2.20. The predicted octanol–water partition coefficient (Wildman–Crippen LogP) is 2.73. The van der Waals surface area contributed by atoms with Gasteiger partial charge >= 0.3 is 0 Å². The van der Waals surface area contributed by atoms with Gasteiger partial charge in [-0.3, -0.25) is 4.79 Å². The van der Waals surface area contributed by atoms with Crippen molar-refractivity contribution in [3.63, 3.8) is 0 Å². The molecule has 0 fully saturated rings. The third-order valence-electron chi connectivity index (χ3n) is 3.63. The van der Waals surface area contributed by atoms with Crippen molar-refractivity contribution in [3.05, 3.63) is 70.2 Å². The summed E-state index contributed by atoms with van der Waals surface area (Å²) in [5.41, 5.74) is 2.77. The minimum absolute atomic E-state index is 0.162. The SMILES string of the molecule is Cc1cccc(CN(CC(=O)NCc2ccc(Cl)cc2)S(C)(=O)=O)c1. The number of carbonyl (C=O) groups excluding carboxylic acids is 1. The lowest BCUT2D eigenvalue weighted by Crippen LogP contribution is -2.39. The number of hydrogen-bond donors (Lipinski definition) is 1. The average Bonchev–Trinajstić information content (AvgIpc) is 2.53. The predicted molar refractivity (Wildman–Crippen MR) is 99.7 cm³/mol. The molecule has 5 nitrogen and oxygen atoms in total. The summed E-state index contributed by atoms with van der Waals surface area (Å²) in [6.45, 7) is 2.19. The first kappa shape index (κ1) is 19.4. The zero-order chi connectivity index (χ0) is 18.4. The Labute approximate surface area is 153 Å². The Bertz CT molecular complexity index is 836. The molecule has 0 bridgehead atoms. The Balaban J connectivity index is 1.99. The smallest absolute Gasteiger partial charge is 0.235 e. The van der Waals surface area contributed by atoms with Gasteiger partial charge in [0.15, 0.2) is 0 Å². The second-order valence-corrected chi connectivity index (χ2v) is 8.34. The van der Waals surface area contributed by atoms with Crippen LogP contribution >= 0.6 is 11.6 Å². The van der Waals surface area contributed by atoms with Crippen molar-refractivity contribution in [3.8, 4) is 0 Å². The van der Waals surface area contributed by atoms with Crippen molar-refractivity contribution in [1.82, 2.24) is 9.62 Å². The zero-order valence-corrected chi connectivity index (χ0v) is 15.8. The van der Waals surface area contributed by atoms with Crippen LogP contribution in [0.25, 0.3) is 0 Å². The van der Waals surface area contributed by atoms with E-state index in [1.807, 2.05) is 43.3 Å². The molecule has 0 aliphatic carbocycles. The molecule has 1 N–H and O–H groups in total. The molecule has 2 rings (SSSR count). The topological polar surface area (TPSA) is 66.5 Å². The van der Waals surface area contributed by atoms with Gasteiger partial charge in [-0.15, -0.1) is 0 Å². The van der Waals surface area contributed by atoms with E-state index >= 15 is 0 Å². The van der Waals surface area contributed by atoms with E-state index in [-0.39, 0.29) is 19.0 Å². The number of sulfonamides is 1. The fourth-order valence-electron chi connectivity index (χ4n) is 2.32. The maximum absolute atomic E-state index is 12.2. The molecule has 2 aromatic carbocycles. The molecular formula is C18H21ClN2O3S. The van der Waals surface area contributed by atoms with Crippen LogP contribution < -0.4 is 5.32 Å². The van der Waals surface area contributed by atoms with Gasteiger partial charge in [0, 0.05) is 18.1 Å². The standard InChI is InChI=1S/C18H21ClN2O3S/c1-14-4-3-5-16(10-14)12-21(25(2,23)24)13-18(22)20-11-15-6-8-17(19)9-7-15/h3-10H,11-13H2,1-2H3,(H,20,22). The van der Waals surface area contributed by atoms with E-state index in [1.54, 1.807) is 12.1 Å². The Morgan fingerprint density at radius 3 is 2.40 bits per heavy atom. The summed E-state index contributed by atoms with van der Waals surface area (Å²) in [6, 6.07) is 14.7. The van der Waals surface area contributed by atoms with Crippen LogP contribution in [0.15, 0.2) is 48.5 Å². The third kappa shape index (κ3) is 6.49. The van der Waals surface area contributed by atoms with E-state index in [9.17, 15) is 13.2 Å². The largest absolute Gasteiger partial charge is 0.351 e. The molecule has 0 heterocycles. The van der Waals surface area contributed by atoms with Gasteiger partial charge in [0.25, 0.3) is 0 Å². The molecular weight excluding hydrogens is 360 g/mol. The van der Waals surface area contributed by atoms with Gasteiger partial charge in [-0.25, -0.2) is 8.42 Å². The van der Waals surface area contributed by atoms with Crippen LogP contribution in [-0.2, 0) is 27.9 Å². The summed E-state index contributed by atoms with van der Waals surface area (Å²) in [5, 5.41) is 3.35. The summed E-state index contributed by atoms with van der Waals surface area (Å²) in [5.74, 6) is -0.354.